The third-order valence-electron chi connectivity index (χ3n) is 2.37. The summed E-state index contributed by atoms with van der Waals surface area (Å²) in [5.74, 6) is -0.137. The number of nitrogens with one attached hydrogen (secondary N) is 2. The number of rotatable bonds is 3. The lowest BCUT2D eigenvalue weighted by Crippen LogP contribution is -2.22. The van der Waals surface area contributed by atoms with Crippen LogP contribution in [0, 0.1) is 6.92 Å². The van der Waals surface area contributed by atoms with Gasteiger partial charge in [-0.2, -0.15) is 5.10 Å². The fourth-order valence-electron chi connectivity index (χ4n) is 1.60. The van der Waals surface area contributed by atoms with Crippen LogP contribution in [0.4, 0.5) is 5.69 Å². The van der Waals surface area contributed by atoms with E-state index in [2.05, 4.69) is 15.5 Å². The Balaban J connectivity index is 2.04. The molecule has 1 aromatic carbocycles. The first-order valence-corrected chi connectivity index (χ1v) is 5.28. The number of amides is 1. The summed E-state index contributed by atoms with van der Waals surface area (Å²) in [7, 11) is 0. The molecule has 88 valence electrons. The zero-order chi connectivity index (χ0) is 12.3. The van der Waals surface area contributed by atoms with Gasteiger partial charge in [0.1, 0.15) is 0 Å². The van der Waals surface area contributed by atoms with Crippen LogP contribution in [-0.2, 0) is 6.54 Å². The van der Waals surface area contributed by atoms with Crippen LogP contribution in [0.2, 0.25) is 0 Å². The maximum Gasteiger partial charge on any atom is 0.251 e. The van der Waals surface area contributed by atoms with Crippen LogP contribution in [0.25, 0.3) is 0 Å². The normalized spacial score (nSPS) is 10.2. The minimum absolute atomic E-state index is 0.137. The van der Waals surface area contributed by atoms with Gasteiger partial charge in [0.15, 0.2) is 0 Å². The van der Waals surface area contributed by atoms with Gasteiger partial charge in [0, 0.05) is 29.6 Å². The van der Waals surface area contributed by atoms with Gasteiger partial charge in [-0.15, -0.1) is 0 Å². The molecule has 0 spiro atoms. The molecule has 0 aliphatic heterocycles. The van der Waals surface area contributed by atoms with Gasteiger partial charge in [0.05, 0.1) is 6.20 Å². The molecule has 0 saturated carbocycles. The number of H-pyrrole nitrogens is 1. The molecule has 1 heterocycles. The monoisotopic (exact) mass is 230 g/mol. The average Bonchev–Trinajstić information content (AvgIpc) is 2.77. The van der Waals surface area contributed by atoms with Crippen LogP contribution in [0.5, 0.6) is 0 Å². The Hall–Kier alpha value is -2.30. The molecular weight excluding hydrogens is 216 g/mol. The molecule has 5 heteroatoms. The zero-order valence-electron chi connectivity index (χ0n) is 9.53. The Labute approximate surface area is 99.0 Å². The van der Waals surface area contributed by atoms with E-state index in [1.165, 1.54) is 0 Å². The van der Waals surface area contributed by atoms with Crippen LogP contribution >= 0.6 is 0 Å². The van der Waals surface area contributed by atoms with E-state index in [9.17, 15) is 4.79 Å². The van der Waals surface area contributed by atoms with E-state index in [1.807, 2.05) is 13.0 Å². The molecule has 4 N–H and O–H groups in total. The first-order chi connectivity index (χ1) is 8.15. The van der Waals surface area contributed by atoms with Gasteiger partial charge in [-0.1, -0.05) is 0 Å². The molecule has 1 amide bonds. The van der Waals surface area contributed by atoms with Crippen molar-refractivity contribution >= 4 is 11.6 Å². The topological polar surface area (TPSA) is 83.8 Å². The van der Waals surface area contributed by atoms with E-state index in [1.54, 1.807) is 24.5 Å². The molecule has 0 saturated heterocycles. The summed E-state index contributed by atoms with van der Waals surface area (Å²) in [5.41, 5.74) is 8.76. The van der Waals surface area contributed by atoms with E-state index in [4.69, 9.17) is 5.73 Å². The first kappa shape index (κ1) is 11.2. The van der Waals surface area contributed by atoms with Gasteiger partial charge in [0.25, 0.3) is 5.91 Å². The first-order valence-electron chi connectivity index (χ1n) is 5.28. The highest BCUT2D eigenvalue weighted by atomic mass is 16.1. The number of anilines is 1. The van der Waals surface area contributed by atoms with Crippen molar-refractivity contribution in [3.05, 3.63) is 47.3 Å². The number of hydrogen-bond acceptors (Lipinski definition) is 3. The van der Waals surface area contributed by atoms with E-state index in [0.29, 0.717) is 17.8 Å². The van der Waals surface area contributed by atoms with Crippen LogP contribution < -0.4 is 11.1 Å². The Morgan fingerprint density at radius 3 is 2.94 bits per heavy atom. The highest BCUT2D eigenvalue weighted by Gasteiger charge is 2.06. The summed E-state index contributed by atoms with van der Waals surface area (Å²) in [6.07, 6.45) is 3.41. The maximum absolute atomic E-state index is 11.8. The molecule has 0 fully saturated rings. The molecule has 2 rings (SSSR count). The van der Waals surface area contributed by atoms with Crippen LogP contribution in [0.3, 0.4) is 0 Å². The van der Waals surface area contributed by atoms with Gasteiger partial charge in [-0.05, 0) is 30.7 Å². The number of nitrogen functional groups attached to an aromatic ring is 1. The predicted molar refractivity (Wildman–Crippen MR) is 65.3 cm³/mol. The standard InChI is InChI=1S/C12H14N4O/c1-8-2-10(4-11(13)3-8)12(17)14-5-9-6-15-16-7-9/h2-4,6-7H,5,13H2,1H3,(H,14,17)(H,15,16). The van der Waals surface area contributed by atoms with E-state index >= 15 is 0 Å². The number of aromatic nitrogens is 2. The summed E-state index contributed by atoms with van der Waals surface area (Å²) in [6, 6.07) is 5.30. The highest BCUT2D eigenvalue weighted by molar-refractivity contribution is 5.95. The van der Waals surface area contributed by atoms with Gasteiger partial charge in [-0.3, -0.25) is 9.89 Å². The quantitative estimate of drug-likeness (QED) is 0.693. The number of nitrogens with two attached hydrogens (primary N) is 1. The summed E-state index contributed by atoms with van der Waals surface area (Å²) < 4.78 is 0. The van der Waals surface area contributed by atoms with Crippen molar-refractivity contribution in [3.63, 3.8) is 0 Å². The van der Waals surface area contributed by atoms with Gasteiger partial charge in [-0.25, -0.2) is 0 Å². The second kappa shape index (κ2) is 4.69. The van der Waals surface area contributed by atoms with Gasteiger partial charge < -0.3 is 11.1 Å². The van der Waals surface area contributed by atoms with Crippen molar-refractivity contribution in [3.8, 4) is 0 Å². The number of nitrogens with zero attached hydrogens (tertiary/aromatic N) is 1. The number of benzene rings is 1. The molecule has 0 aliphatic rings. The Morgan fingerprint density at radius 2 is 2.29 bits per heavy atom. The lowest BCUT2D eigenvalue weighted by atomic mass is 10.1. The summed E-state index contributed by atoms with van der Waals surface area (Å²) in [5, 5.41) is 9.30. The van der Waals surface area contributed by atoms with E-state index in [0.717, 1.165) is 11.1 Å². The Bertz CT molecular complexity index is 499. The smallest absolute Gasteiger partial charge is 0.251 e. The zero-order valence-corrected chi connectivity index (χ0v) is 9.53. The van der Waals surface area contributed by atoms with Gasteiger partial charge in [0.2, 0.25) is 0 Å². The molecule has 0 unspecified atom stereocenters. The Kier molecular flexibility index (Phi) is 3.09. The van der Waals surface area contributed by atoms with E-state index < -0.39 is 0 Å². The Morgan fingerprint density at radius 1 is 1.47 bits per heavy atom. The average molecular weight is 230 g/mol. The summed E-state index contributed by atoms with van der Waals surface area (Å²) in [4.78, 5) is 11.8. The largest absolute Gasteiger partial charge is 0.399 e. The predicted octanol–water partition coefficient (Wildman–Crippen LogP) is 1.23. The molecule has 5 nitrogen and oxygen atoms in total. The second-order valence-electron chi connectivity index (χ2n) is 3.92. The number of aryl methyl sites for hydroxylation is 1. The van der Waals surface area contributed by atoms with Crippen molar-refractivity contribution in [2.75, 3.05) is 5.73 Å². The van der Waals surface area contributed by atoms with Crippen molar-refractivity contribution in [2.45, 2.75) is 13.5 Å². The fraction of sp³-hybridized carbons (Fsp3) is 0.167. The molecule has 0 radical (unpaired) electrons. The van der Waals surface area contributed by atoms with Crippen molar-refractivity contribution < 1.29 is 4.79 Å². The van der Waals surface area contributed by atoms with Crippen LogP contribution in [-0.4, -0.2) is 16.1 Å². The molecule has 17 heavy (non-hydrogen) atoms. The molecule has 0 aliphatic carbocycles. The van der Waals surface area contributed by atoms with Crippen LogP contribution in [0.15, 0.2) is 30.6 Å². The van der Waals surface area contributed by atoms with Gasteiger partial charge >= 0.3 is 0 Å². The fourth-order valence-corrected chi connectivity index (χ4v) is 1.60. The molecular formula is C12H14N4O. The summed E-state index contributed by atoms with van der Waals surface area (Å²) in [6.45, 7) is 2.35. The maximum atomic E-state index is 11.8. The molecule has 0 atom stereocenters. The number of carbonyl (C=O) groups is 1. The van der Waals surface area contributed by atoms with E-state index in [-0.39, 0.29) is 5.91 Å². The number of aromatic amines is 1. The minimum Gasteiger partial charge on any atom is -0.399 e. The molecule has 2 aromatic rings. The van der Waals surface area contributed by atoms with Crippen molar-refractivity contribution in [2.24, 2.45) is 0 Å². The SMILES string of the molecule is Cc1cc(N)cc(C(=O)NCc2cn[nH]c2)c1. The number of hydrogen-bond donors (Lipinski definition) is 3. The second-order valence-corrected chi connectivity index (χ2v) is 3.92. The molecule has 1 aromatic heterocycles. The van der Waals surface area contributed by atoms with Crippen molar-refractivity contribution in [1.29, 1.82) is 0 Å². The van der Waals surface area contributed by atoms with Crippen LogP contribution in [0.1, 0.15) is 21.5 Å². The van der Waals surface area contributed by atoms with Crippen molar-refractivity contribution in [1.82, 2.24) is 15.5 Å². The lowest BCUT2D eigenvalue weighted by molar-refractivity contribution is 0.0951. The lowest BCUT2D eigenvalue weighted by Gasteiger charge is -2.05. The molecule has 0 bridgehead atoms. The summed E-state index contributed by atoms with van der Waals surface area (Å²) >= 11 is 0. The third-order valence-corrected chi connectivity index (χ3v) is 2.37. The highest BCUT2D eigenvalue weighted by Crippen LogP contribution is 2.11. The number of carbonyl (C=O) groups excluding carboxylic acids is 1. The minimum atomic E-state index is -0.137. The third kappa shape index (κ3) is 2.84.